The molecule has 0 radical (unpaired) electrons. The van der Waals surface area contributed by atoms with Gasteiger partial charge >= 0.3 is 0 Å². The van der Waals surface area contributed by atoms with Gasteiger partial charge in [-0.2, -0.15) is 0 Å². The van der Waals surface area contributed by atoms with Crippen molar-refractivity contribution in [2.45, 2.75) is 57.7 Å². The van der Waals surface area contributed by atoms with Gasteiger partial charge in [0.15, 0.2) is 0 Å². The standard InChI is InChI=1S/C11H22N2/c1-10(2)13-9-5-3-4-6-11(13)7-8-12-11/h10,12H,3-9H2,1-2H3/t11-/m1/s1. The van der Waals surface area contributed by atoms with Crippen LogP contribution in [-0.2, 0) is 0 Å². The van der Waals surface area contributed by atoms with Gasteiger partial charge in [0.1, 0.15) is 0 Å². The maximum Gasteiger partial charge on any atom is 0.0726 e. The van der Waals surface area contributed by atoms with Gasteiger partial charge in [-0.1, -0.05) is 12.8 Å². The van der Waals surface area contributed by atoms with Crippen LogP contribution in [0.4, 0.5) is 0 Å². The molecule has 2 heterocycles. The van der Waals surface area contributed by atoms with E-state index in [2.05, 4.69) is 24.1 Å². The molecule has 2 fully saturated rings. The van der Waals surface area contributed by atoms with Gasteiger partial charge in [0.05, 0.1) is 5.66 Å². The first-order valence-electron chi connectivity index (χ1n) is 5.76. The van der Waals surface area contributed by atoms with E-state index in [1.165, 1.54) is 45.2 Å². The van der Waals surface area contributed by atoms with Crippen molar-refractivity contribution < 1.29 is 0 Å². The van der Waals surface area contributed by atoms with E-state index >= 15 is 0 Å². The average molecular weight is 182 g/mol. The van der Waals surface area contributed by atoms with Gasteiger partial charge in [-0.25, -0.2) is 0 Å². The first-order chi connectivity index (χ1) is 6.25. The maximum absolute atomic E-state index is 3.66. The normalized spacial score (nSPS) is 36.2. The number of likely N-dealkylation sites (tertiary alicyclic amines) is 1. The summed E-state index contributed by atoms with van der Waals surface area (Å²) in [7, 11) is 0. The van der Waals surface area contributed by atoms with E-state index in [0.29, 0.717) is 11.7 Å². The SMILES string of the molecule is CC(C)N1CCCCC[C@]12CCN2. The lowest BCUT2D eigenvalue weighted by molar-refractivity contribution is -0.0255. The molecular formula is C11H22N2. The predicted molar refractivity (Wildman–Crippen MR) is 55.7 cm³/mol. The Hall–Kier alpha value is -0.0800. The molecule has 1 spiro atoms. The van der Waals surface area contributed by atoms with Gasteiger partial charge in [0.25, 0.3) is 0 Å². The highest BCUT2D eigenvalue weighted by molar-refractivity contribution is 4.98. The molecule has 0 aromatic heterocycles. The van der Waals surface area contributed by atoms with Gasteiger partial charge in [0.2, 0.25) is 0 Å². The minimum absolute atomic E-state index is 0.407. The molecule has 0 saturated carbocycles. The van der Waals surface area contributed by atoms with Crippen molar-refractivity contribution in [2.24, 2.45) is 0 Å². The van der Waals surface area contributed by atoms with Crippen molar-refractivity contribution in [2.75, 3.05) is 13.1 Å². The maximum atomic E-state index is 3.66. The van der Waals surface area contributed by atoms with Crippen LogP contribution < -0.4 is 5.32 Å². The van der Waals surface area contributed by atoms with Gasteiger partial charge in [-0.05, 0) is 39.7 Å². The lowest BCUT2D eigenvalue weighted by Crippen LogP contribution is -2.68. The molecule has 0 aromatic carbocycles. The molecule has 0 aliphatic carbocycles. The highest BCUT2D eigenvalue weighted by atomic mass is 15.4. The van der Waals surface area contributed by atoms with Gasteiger partial charge < -0.3 is 0 Å². The predicted octanol–water partition coefficient (Wildman–Crippen LogP) is 1.96. The number of hydrogen-bond acceptors (Lipinski definition) is 2. The van der Waals surface area contributed by atoms with E-state index in [1.54, 1.807) is 0 Å². The largest absolute Gasteiger partial charge is 0.299 e. The fraction of sp³-hybridized carbons (Fsp3) is 1.00. The summed E-state index contributed by atoms with van der Waals surface area (Å²) in [5.41, 5.74) is 0.407. The van der Waals surface area contributed by atoms with Crippen molar-refractivity contribution in [1.29, 1.82) is 0 Å². The molecule has 1 N–H and O–H groups in total. The van der Waals surface area contributed by atoms with Crippen molar-refractivity contribution in [3.8, 4) is 0 Å². The van der Waals surface area contributed by atoms with Crippen molar-refractivity contribution in [3.63, 3.8) is 0 Å². The van der Waals surface area contributed by atoms with Crippen molar-refractivity contribution >= 4 is 0 Å². The Morgan fingerprint density at radius 2 is 1.92 bits per heavy atom. The van der Waals surface area contributed by atoms with Gasteiger partial charge in [0, 0.05) is 12.6 Å². The molecule has 0 aromatic rings. The van der Waals surface area contributed by atoms with Crippen LogP contribution in [0.25, 0.3) is 0 Å². The topological polar surface area (TPSA) is 15.3 Å². The second-order valence-electron chi connectivity index (χ2n) is 4.81. The molecule has 0 unspecified atom stereocenters. The van der Waals surface area contributed by atoms with Crippen LogP contribution in [0.1, 0.15) is 46.0 Å². The van der Waals surface area contributed by atoms with E-state index in [1.807, 2.05) is 0 Å². The van der Waals surface area contributed by atoms with Crippen molar-refractivity contribution in [1.82, 2.24) is 10.2 Å². The van der Waals surface area contributed by atoms with E-state index in [4.69, 9.17) is 0 Å². The fourth-order valence-electron chi connectivity index (χ4n) is 2.86. The van der Waals surface area contributed by atoms with E-state index in [-0.39, 0.29) is 0 Å². The zero-order valence-corrected chi connectivity index (χ0v) is 8.97. The second kappa shape index (κ2) is 3.58. The fourth-order valence-corrected chi connectivity index (χ4v) is 2.86. The monoisotopic (exact) mass is 182 g/mol. The Kier molecular flexibility index (Phi) is 2.61. The lowest BCUT2D eigenvalue weighted by atomic mass is 9.90. The molecule has 1 atom stereocenters. The number of rotatable bonds is 1. The van der Waals surface area contributed by atoms with Crippen LogP contribution >= 0.6 is 0 Å². The number of nitrogens with zero attached hydrogens (tertiary/aromatic N) is 1. The molecule has 2 aliphatic heterocycles. The molecule has 0 bridgehead atoms. The Balaban J connectivity index is 2.09. The van der Waals surface area contributed by atoms with Crippen LogP contribution in [0.15, 0.2) is 0 Å². The molecule has 13 heavy (non-hydrogen) atoms. The molecule has 2 aliphatic rings. The third-order valence-corrected chi connectivity index (χ3v) is 3.66. The molecular weight excluding hydrogens is 160 g/mol. The third kappa shape index (κ3) is 1.62. The Morgan fingerprint density at radius 1 is 1.15 bits per heavy atom. The summed E-state index contributed by atoms with van der Waals surface area (Å²) < 4.78 is 0. The first kappa shape index (κ1) is 9.47. The number of nitrogens with one attached hydrogen (secondary N) is 1. The van der Waals surface area contributed by atoms with E-state index in [9.17, 15) is 0 Å². The van der Waals surface area contributed by atoms with Gasteiger partial charge in [-0.15, -0.1) is 0 Å². The summed E-state index contributed by atoms with van der Waals surface area (Å²) >= 11 is 0. The molecule has 2 saturated heterocycles. The average Bonchev–Trinajstić information content (AvgIpc) is 2.23. The van der Waals surface area contributed by atoms with Crippen LogP contribution in [0.2, 0.25) is 0 Å². The summed E-state index contributed by atoms with van der Waals surface area (Å²) in [5.74, 6) is 0. The van der Waals surface area contributed by atoms with Crippen LogP contribution in [-0.4, -0.2) is 29.7 Å². The molecule has 2 nitrogen and oxygen atoms in total. The Morgan fingerprint density at radius 3 is 2.46 bits per heavy atom. The quantitative estimate of drug-likeness (QED) is 0.667. The second-order valence-corrected chi connectivity index (χ2v) is 4.81. The summed E-state index contributed by atoms with van der Waals surface area (Å²) in [6, 6.07) is 0.700. The highest BCUT2D eigenvalue weighted by Gasteiger charge is 2.43. The van der Waals surface area contributed by atoms with Gasteiger partial charge in [-0.3, -0.25) is 10.2 Å². The van der Waals surface area contributed by atoms with Crippen molar-refractivity contribution in [3.05, 3.63) is 0 Å². The zero-order valence-electron chi connectivity index (χ0n) is 8.97. The zero-order chi connectivity index (χ0) is 9.31. The Bertz CT molecular complexity index is 173. The highest BCUT2D eigenvalue weighted by Crippen LogP contribution is 2.34. The van der Waals surface area contributed by atoms with Crippen LogP contribution in [0.5, 0.6) is 0 Å². The summed E-state index contributed by atoms with van der Waals surface area (Å²) in [6.45, 7) is 7.17. The van der Waals surface area contributed by atoms with Crippen LogP contribution in [0, 0.1) is 0 Å². The van der Waals surface area contributed by atoms with E-state index in [0.717, 1.165) is 0 Å². The molecule has 2 rings (SSSR count). The third-order valence-electron chi connectivity index (χ3n) is 3.66. The molecule has 2 heteroatoms. The molecule has 0 amide bonds. The lowest BCUT2D eigenvalue weighted by Gasteiger charge is -2.52. The summed E-state index contributed by atoms with van der Waals surface area (Å²) in [5, 5.41) is 3.66. The Labute approximate surface area is 81.7 Å². The summed E-state index contributed by atoms with van der Waals surface area (Å²) in [4.78, 5) is 2.68. The molecule has 76 valence electrons. The van der Waals surface area contributed by atoms with Crippen LogP contribution in [0.3, 0.4) is 0 Å². The minimum Gasteiger partial charge on any atom is -0.299 e. The first-order valence-corrected chi connectivity index (χ1v) is 5.76. The van der Waals surface area contributed by atoms with E-state index < -0.39 is 0 Å². The smallest absolute Gasteiger partial charge is 0.0726 e. The summed E-state index contributed by atoms with van der Waals surface area (Å²) in [6.07, 6.45) is 6.96. The number of hydrogen-bond donors (Lipinski definition) is 1. The minimum atomic E-state index is 0.407.